The van der Waals surface area contributed by atoms with E-state index in [1.807, 2.05) is 6.07 Å². The van der Waals surface area contributed by atoms with Gasteiger partial charge in [0.2, 0.25) is 0 Å². The van der Waals surface area contributed by atoms with Crippen molar-refractivity contribution in [2.24, 2.45) is 0 Å². The number of hydrogen-bond donors (Lipinski definition) is 1. The molecular formula is C18H21BrN2. The fourth-order valence-electron chi connectivity index (χ4n) is 2.92. The lowest BCUT2D eigenvalue weighted by Gasteiger charge is -2.21. The minimum absolute atomic E-state index is 0.273. The minimum atomic E-state index is 0.273. The summed E-state index contributed by atoms with van der Waals surface area (Å²) in [6, 6.07) is 17.4. The zero-order valence-corrected chi connectivity index (χ0v) is 13.9. The molecule has 1 unspecified atom stereocenters. The summed E-state index contributed by atoms with van der Waals surface area (Å²) in [5, 5.41) is 3.61. The van der Waals surface area contributed by atoms with Crippen molar-refractivity contribution < 1.29 is 0 Å². The molecule has 0 aliphatic carbocycles. The summed E-state index contributed by atoms with van der Waals surface area (Å²) < 4.78 is 1.15. The first-order valence-corrected chi connectivity index (χ1v) is 8.39. The topological polar surface area (TPSA) is 15.3 Å². The van der Waals surface area contributed by atoms with Crippen molar-refractivity contribution in [1.82, 2.24) is 0 Å². The Kier molecular flexibility index (Phi) is 4.49. The third kappa shape index (κ3) is 3.41. The number of halogens is 1. The maximum Gasteiger partial charge on any atom is 0.0496 e. The van der Waals surface area contributed by atoms with Crippen LogP contribution in [0.15, 0.2) is 53.0 Å². The summed E-state index contributed by atoms with van der Waals surface area (Å²) in [6.07, 6.45) is 2.62. The molecule has 0 aromatic heterocycles. The predicted molar refractivity (Wildman–Crippen MR) is 94.1 cm³/mol. The normalized spacial score (nSPS) is 16.0. The summed E-state index contributed by atoms with van der Waals surface area (Å²) in [5.41, 5.74) is 3.79. The molecule has 1 saturated heterocycles. The second-order valence-corrected chi connectivity index (χ2v) is 6.49. The summed E-state index contributed by atoms with van der Waals surface area (Å²) in [4.78, 5) is 2.47. The van der Waals surface area contributed by atoms with Gasteiger partial charge in [-0.3, -0.25) is 0 Å². The zero-order chi connectivity index (χ0) is 14.7. The van der Waals surface area contributed by atoms with Crippen LogP contribution in [0.5, 0.6) is 0 Å². The molecule has 1 aliphatic heterocycles. The molecule has 1 heterocycles. The van der Waals surface area contributed by atoms with E-state index in [2.05, 4.69) is 75.5 Å². The molecule has 1 atom stereocenters. The van der Waals surface area contributed by atoms with Crippen molar-refractivity contribution in [3.05, 3.63) is 58.6 Å². The second kappa shape index (κ2) is 6.52. The average molecular weight is 345 g/mol. The van der Waals surface area contributed by atoms with E-state index >= 15 is 0 Å². The van der Waals surface area contributed by atoms with Gasteiger partial charge in [0.15, 0.2) is 0 Å². The maximum atomic E-state index is 3.63. The van der Waals surface area contributed by atoms with Crippen LogP contribution in [0.2, 0.25) is 0 Å². The lowest BCUT2D eigenvalue weighted by Crippen LogP contribution is -2.17. The molecule has 2 aromatic rings. The Morgan fingerprint density at radius 1 is 1.05 bits per heavy atom. The Morgan fingerprint density at radius 3 is 2.57 bits per heavy atom. The SMILES string of the molecule is CC(Nc1cccc(N2CCCC2)c1)c1ccccc1Br. The van der Waals surface area contributed by atoms with Crippen molar-refractivity contribution in [3.63, 3.8) is 0 Å². The highest BCUT2D eigenvalue weighted by Gasteiger charge is 2.13. The molecule has 1 fully saturated rings. The molecule has 3 heteroatoms. The number of nitrogens with one attached hydrogen (secondary N) is 1. The van der Waals surface area contributed by atoms with E-state index in [0.717, 1.165) is 4.47 Å². The van der Waals surface area contributed by atoms with Crippen molar-refractivity contribution >= 4 is 27.3 Å². The van der Waals surface area contributed by atoms with E-state index < -0.39 is 0 Å². The lowest BCUT2D eigenvalue weighted by atomic mass is 10.1. The molecule has 0 spiro atoms. The van der Waals surface area contributed by atoms with Crippen LogP contribution in [0.3, 0.4) is 0 Å². The van der Waals surface area contributed by atoms with Gasteiger partial charge >= 0.3 is 0 Å². The van der Waals surface area contributed by atoms with E-state index in [4.69, 9.17) is 0 Å². The van der Waals surface area contributed by atoms with Gasteiger partial charge in [0.25, 0.3) is 0 Å². The second-order valence-electron chi connectivity index (χ2n) is 5.63. The third-order valence-electron chi connectivity index (χ3n) is 4.07. The summed E-state index contributed by atoms with van der Waals surface area (Å²) in [5.74, 6) is 0. The van der Waals surface area contributed by atoms with Crippen LogP contribution in [0.4, 0.5) is 11.4 Å². The summed E-state index contributed by atoms with van der Waals surface area (Å²) in [6.45, 7) is 4.56. The Labute approximate surface area is 135 Å². The quantitative estimate of drug-likeness (QED) is 0.817. The number of hydrogen-bond acceptors (Lipinski definition) is 2. The number of benzene rings is 2. The predicted octanol–water partition coefficient (Wildman–Crippen LogP) is 5.22. The van der Waals surface area contributed by atoms with Gasteiger partial charge in [0, 0.05) is 35.0 Å². The Morgan fingerprint density at radius 2 is 1.81 bits per heavy atom. The molecule has 0 amide bonds. The third-order valence-corrected chi connectivity index (χ3v) is 4.79. The Hall–Kier alpha value is -1.48. The molecule has 110 valence electrons. The molecule has 21 heavy (non-hydrogen) atoms. The molecule has 3 rings (SSSR count). The van der Waals surface area contributed by atoms with Crippen molar-refractivity contribution in [3.8, 4) is 0 Å². The first-order valence-electron chi connectivity index (χ1n) is 7.60. The van der Waals surface area contributed by atoms with Crippen molar-refractivity contribution in [1.29, 1.82) is 0 Å². The number of nitrogens with zero attached hydrogens (tertiary/aromatic N) is 1. The van der Waals surface area contributed by atoms with Crippen LogP contribution in [0.25, 0.3) is 0 Å². The molecule has 1 aliphatic rings. The maximum absolute atomic E-state index is 3.63. The van der Waals surface area contributed by atoms with Crippen molar-refractivity contribution in [2.45, 2.75) is 25.8 Å². The number of rotatable bonds is 4. The van der Waals surface area contributed by atoms with Gasteiger partial charge in [0.1, 0.15) is 0 Å². The first kappa shape index (κ1) is 14.5. The number of anilines is 2. The monoisotopic (exact) mass is 344 g/mol. The highest BCUT2D eigenvalue weighted by molar-refractivity contribution is 9.10. The zero-order valence-electron chi connectivity index (χ0n) is 12.3. The van der Waals surface area contributed by atoms with Crippen LogP contribution in [-0.2, 0) is 0 Å². The van der Waals surface area contributed by atoms with Crippen LogP contribution in [0, 0.1) is 0 Å². The highest BCUT2D eigenvalue weighted by atomic mass is 79.9. The van der Waals surface area contributed by atoms with Gasteiger partial charge in [-0.25, -0.2) is 0 Å². The highest BCUT2D eigenvalue weighted by Crippen LogP contribution is 2.28. The van der Waals surface area contributed by atoms with Crippen molar-refractivity contribution in [2.75, 3.05) is 23.3 Å². The van der Waals surface area contributed by atoms with E-state index in [1.54, 1.807) is 0 Å². The molecule has 0 saturated carbocycles. The lowest BCUT2D eigenvalue weighted by molar-refractivity contribution is 0.878. The Balaban J connectivity index is 1.75. The molecule has 1 N–H and O–H groups in total. The summed E-state index contributed by atoms with van der Waals surface area (Å²) >= 11 is 3.63. The van der Waals surface area contributed by atoms with Crippen LogP contribution >= 0.6 is 15.9 Å². The smallest absolute Gasteiger partial charge is 0.0496 e. The fourth-order valence-corrected chi connectivity index (χ4v) is 3.55. The molecule has 0 radical (unpaired) electrons. The molecule has 0 bridgehead atoms. The van der Waals surface area contributed by atoms with Gasteiger partial charge in [-0.2, -0.15) is 0 Å². The van der Waals surface area contributed by atoms with Crippen LogP contribution in [-0.4, -0.2) is 13.1 Å². The average Bonchev–Trinajstić information content (AvgIpc) is 3.02. The van der Waals surface area contributed by atoms with Gasteiger partial charge in [-0.05, 0) is 49.6 Å². The standard InChI is InChI=1S/C18H21BrN2/c1-14(17-9-2-3-10-18(17)19)20-15-7-6-8-16(13-15)21-11-4-5-12-21/h2-3,6-10,13-14,20H,4-5,11-12H2,1H3. The van der Waals surface area contributed by atoms with E-state index in [-0.39, 0.29) is 6.04 Å². The van der Waals surface area contributed by atoms with Gasteiger partial charge in [0.05, 0.1) is 0 Å². The molecular weight excluding hydrogens is 324 g/mol. The largest absolute Gasteiger partial charge is 0.378 e. The summed E-state index contributed by atoms with van der Waals surface area (Å²) in [7, 11) is 0. The van der Waals surface area contributed by atoms with E-state index in [0.29, 0.717) is 0 Å². The van der Waals surface area contributed by atoms with Gasteiger partial charge < -0.3 is 10.2 Å². The Bertz CT molecular complexity index is 606. The van der Waals surface area contributed by atoms with E-state index in [9.17, 15) is 0 Å². The first-order chi connectivity index (χ1) is 10.2. The molecule has 2 nitrogen and oxygen atoms in total. The fraction of sp³-hybridized carbons (Fsp3) is 0.333. The minimum Gasteiger partial charge on any atom is -0.378 e. The van der Waals surface area contributed by atoms with Crippen LogP contribution < -0.4 is 10.2 Å². The van der Waals surface area contributed by atoms with Crippen LogP contribution in [0.1, 0.15) is 31.4 Å². The molecule has 2 aromatic carbocycles. The van der Waals surface area contributed by atoms with Gasteiger partial charge in [-0.15, -0.1) is 0 Å². The van der Waals surface area contributed by atoms with Gasteiger partial charge in [-0.1, -0.05) is 40.2 Å². The van der Waals surface area contributed by atoms with E-state index in [1.165, 1.54) is 42.9 Å².